The Labute approximate surface area is 128 Å². The molecule has 116 valence electrons. The summed E-state index contributed by atoms with van der Waals surface area (Å²) in [5.74, 6) is -1.49. The molecule has 1 aliphatic carbocycles. The Kier molecular flexibility index (Phi) is 2.86. The summed E-state index contributed by atoms with van der Waals surface area (Å²) >= 11 is 0. The topological polar surface area (TPSA) is 86.7 Å². The number of rotatable bonds is 2. The first-order chi connectivity index (χ1) is 10.2. The average molecular weight is 302 g/mol. The van der Waals surface area contributed by atoms with Crippen LogP contribution in [0.4, 0.5) is 0 Å². The molecule has 0 spiro atoms. The summed E-state index contributed by atoms with van der Waals surface area (Å²) in [5, 5.41) is 10.1. The zero-order chi connectivity index (χ0) is 16.3. The molecule has 3 aliphatic rings. The fourth-order valence-corrected chi connectivity index (χ4v) is 3.33. The number of hydrogen-bond acceptors (Lipinski definition) is 4. The molecule has 6 nitrogen and oxygen atoms in total. The molecule has 1 aromatic carbocycles. The average Bonchev–Trinajstić information content (AvgIpc) is 2.47. The van der Waals surface area contributed by atoms with Crippen molar-refractivity contribution in [2.24, 2.45) is 16.7 Å². The fraction of sp³-hybridized carbons (Fsp3) is 0.438. The van der Waals surface area contributed by atoms with Crippen molar-refractivity contribution in [1.29, 1.82) is 0 Å². The summed E-state index contributed by atoms with van der Waals surface area (Å²) in [7, 11) is 0. The number of phenolic OH excluding ortho intramolecular Hbond substituents is 1. The second-order valence-corrected chi connectivity index (χ2v) is 6.78. The van der Waals surface area contributed by atoms with E-state index in [-0.39, 0.29) is 34.5 Å². The minimum atomic E-state index is -0.631. The number of hydrogen-bond donors (Lipinski definition) is 2. The Morgan fingerprint density at radius 3 is 2.36 bits per heavy atom. The van der Waals surface area contributed by atoms with Crippen LogP contribution in [-0.2, 0) is 9.59 Å². The molecule has 0 unspecified atom stereocenters. The van der Waals surface area contributed by atoms with Crippen molar-refractivity contribution < 1.29 is 19.5 Å². The molecular weight excluding hydrogens is 284 g/mol. The minimum Gasteiger partial charge on any atom is -0.508 e. The fourth-order valence-electron chi connectivity index (χ4n) is 3.33. The van der Waals surface area contributed by atoms with Crippen LogP contribution in [0.3, 0.4) is 0 Å². The summed E-state index contributed by atoms with van der Waals surface area (Å²) in [6, 6.07) is 5.60. The number of piperidine rings is 2. The van der Waals surface area contributed by atoms with E-state index in [2.05, 4.69) is 5.43 Å². The van der Waals surface area contributed by atoms with Gasteiger partial charge in [-0.25, -0.2) is 0 Å². The monoisotopic (exact) mass is 302 g/mol. The van der Waals surface area contributed by atoms with Gasteiger partial charge in [-0.05, 0) is 36.1 Å². The molecule has 2 bridgehead atoms. The van der Waals surface area contributed by atoms with Crippen LogP contribution in [0, 0.1) is 16.7 Å². The molecular formula is C16H18N2O4. The third-order valence-corrected chi connectivity index (χ3v) is 5.44. The van der Waals surface area contributed by atoms with E-state index in [0.29, 0.717) is 6.42 Å². The molecule has 2 N–H and O–H groups in total. The van der Waals surface area contributed by atoms with Gasteiger partial charge in [-0.2, -0.15) is 5.01 Å². The molecule has 2 heterocycles. The maximum atomic E-state index is 12.6. The third kappa shape index (κ3) is 1.70. The Balaban J connectivity index is 1.82. The van der Waals surface area contributed by atoms with E-state index in [1.54, 1.807) is 0 Å². The molecule has 1 saturated carbocycles. The van der Waals surface area contributed by atoms with Gasteiger partial charge in [-0.3, -0.25) is 19.8 Å². The van der Waals surface area contributed by atoms with E-state index in [1.807, 2.05) is 20.8 Å². The second-order valence-electron chi connectivity index (χ2n) is 6.78. The smallest absolute Gasteiger partial charge is 0.270 e. The van der Waals surface area contributed by atoms with Gasteiger partial charge in [0.15, 0.2) is 0 Å². The highest BCUT2D eigenvalue weighted by atomic mass is 16.3. The molecule has 0 radical (unpaired) electrons. The number of carbonyl (C=O) groups excluding carboxylic acids is 3. The van der Waals surface area contributed by atoms with Crippen molar-refractivity contribution in [3.8, 4) is 5.75 Å². The normalized spacial score (nSPS) is 29.0. The maximum Gasteiger partial charge on any atom is 0.270 e. The van der Waals surface area contributed by atoms with Crippen molar-refractivity contribution in [1.82, 2.24) is 10.4 Å². The van der Waals surface area contributed by atoms with Gasteiger partial charge in [0.25, 0.3) is 17.7 Å². The number of aromatic hydroxyl groups is 1. The molecule has 0 aromatic heterocycles. The summed E-state index contributed by atoms with van der Waals surface area (Å²) < 4.78 is 0. The molecule has 2 atom stereocenters. The van der Waals surface area contributed by atoms with E-state index >= 15 is 0 Å². The summed E-state index contributed by atoms with van der Waals surface area (Å²) in [6.07, 6.45) is 0.531. The van der Waals surface area contributed by atoms with Crippen molar-refractivity contribution in [2.75, 3.05) is 0 Å². The number of nitrogens with zero attached hydrogens (tertiary/aromatic N) is 1. The largest absolute Gasteiger partial charge is 0.508 e. The van der Waals surface area contributed by atoms with Gasteiger partial charge in [0.05, 0.1) is 5.41 Å². The van der Waals surface area contributed by atoms with Crippen LogP contribution in [0.25, 0.3) is 0 Å². The van der Waals surface area contributed by atoms with Crippen LogP contribution in [-0.4, -0.2) is 27.8 Å². The van der Waals surface area contributed by atoms with Crippen LogP contribution in [0.5, 0.6) is 5.75 Å². The molecule has 4 rings (SSSR count). The molecule has 3 fully saturated rings. The molecule has 2 saturated heterocycles. The van der Waals surface area contributed by atoms with Crippen molar-refractivity contribution >= 4 is 17.7 Å². The van der Waals surface area contributed by atoms with Crippen molar-refractivity contribution in [2.45, 2.75) is 27.2 Å². The lowest BCUT2D eigenvalue weighted by Crippen LogP contribution is -2.74. The van der Waals surface area contributed by atoms with Gasteiger partial charge in [0.2, 0.25) is 0 Å². The van der Waals surface area contributed by atoms with E-state index in [0.717, 1.165) is 5.01 Å². The molecule has 1 aromatic rings. The van der Waals surface area contributed by atoms with Crippen LogP contribution in [0.1, 0.15) is 37.6 Å². The van der Waals surface area contributed by atoms with Crippen molar-refractivity contribution in [3.05, 3.63) is 29.8 Å². The Morgan fingerprint density at radius 2 is 1.82 bits per heavy atom. The number of nitrogens with one attached hydrogen (secondary N) is 1. The molecule has 3 amide bonds. The number of fused-ring (bicyclic) bond motifs is 2. The summed E-state index contributed by atoms with van der Waals surface area (Å²) in [5.41, 5.74) is 1.64. The van der Waals surface area contributed by atoms with Crippen LogP contribution in [0.2, 0.25) is 0 Å². The Hall–Kier alpha value is -2.37. The van der Waals surface area contributed by atoms with Crippen LogP contribution in [0.15, 0.2) is 24.3 Å². The Morgan fingerprint density at radius 1 is 1.23 bits per heavy atom. The number of amides is 3. The SMILES string of the molecule is CC1(C)[C@@H]2C[C@@]1(C)C(=O)N(NC(=O)c1ccc(O)cc1)C2=O. The first-order valence-electron chi connectivity index (χ1n) is 7.17. The van der Waals surface area contributed by atoms with Gasteiger partial charge in [-0.1, -0.05) is 20.8 Å². The van der Waals surface area contributed by atoms with Crippen molar-refractivity contribution in [3.63, 3.8) is 0 Å². The Bertz CT molecular complexity index is 680. The van der Waals surface area contributed by atoms with E-state index in [1.165, 1.54) is 24.3 Å². The molecule has 2 aliphatic heterocycles. The predicted octanol–water partition coefficient (Wildman–Crippen LogP) is 1.46. The third-order valence-electron chi connectivity index (χ3n) is 5.44. The first-order valence-corrected chi connectivity index (χ1v) is 7.17. The van der Waals surface area contributed by atoms with E-state index in [4.69, 9.17) is 0 Å². The highest BCUT2D eigenvalue weighted by Crippen LogP contribution is 2.64. The number of phenols is 1. The zero-order valence-corrected chi connectivity index (χ0v) is 12.7. The van der Waals surface area contributed by atoms with E-state index in [9.17, 15) is 19.5 Å². The van der Waals surface area contributed by atoms with Gasteiger partial charge < -0.3 is 5.11 Å². The summed E-state index contributed by atoms with van der Waals surface area (Å²) in [6.45, 7) is 5.66. The van der Waals surface area contributed by atoms with Gasteiger partial charge in [0, 0.05) is 11.5 Å². The highest BCUT2D eigenvalue weighted by Gasteiger charge is 2.70. The lowest BCUT2D eigenvalue weighted by Gasteiger charge is -2.63. The number of carbonyl (C=O) groups is 3. The highest BCUT2D eigenvalue weighted by molar-refractivity contribution is 6.08. The lowest BCUT2D eigenvalue weighted by molar-refractivity contribution is -0.206. The van der Waals surface area contributed by atoms with Crippen LogP contribution >= 0.6 is 0 Å². The second kappa shape index (κ2) is 4.32. The standard InChI is InChI=1S/C16H18N2O4/c1-15(2)11-8-16(15,3)14(22)18(13(11)21)17-12(20)9-4-6-10(19)7-5-9/h4-7,11,19H,8H2,1-3H3,(H,17,20)/t11-,16+/m1/s1. The first kappa shape index (κ1) is 14.6. The number of benzene rings is 1. The van der Waals surface area contributed by atoms with Gasteiger partial charge in [-0.15, -0.1) is 0 Å². The number of imide groups is 1. The predicted molar refractivity (Wildman–Crippen MR) is 77.4 cm³/mol. The van der Waals surface area contributed by atoms with Gasteiger partial charge in [0.1, 0.15) is 5.75 Å². The minimum absolute atomic E-state index is 0.0391. The summed E-state index contributed by atoms with van der Waals surface area (Å²) in [4.78, 5) is 37.1. The lowest BCUT2D eigenvalue weighted by atomic mass is 9.43. The van der Waals surface area contributed by atoms with Crippen LogP contribution < -0.4 is 5.43 Å². The molecule has 6 heteroatoms. The maximum absolute atomic E-state index is 12.6. The zero-order valence-electron chi connectivity index (χ0n) is 12.7. The molecule has 22 heavy (non-hydrogen) atoms. The van der Waals surface area contributed by atoms with Gasteiger partial charge >= 0.3 is 0 Å². The quantitative estimate of drug-likeness (QED) is 0.810. The van der Waals surface area contributed by atoms with E-state index < -0.39 is 11.3 Å². The number of hydrazine groups is 1.